The molecule has 5 aromatic rings. The lowest BCUT2D eigenvalue weighted by molar-refractivity contribution is -0.696. The van der Waals surface area contributed by atoms with Gasteiger partial charge in [-0.15, -0.1) is 0 Å². The number of carbonyl (C=O) groups excluding carboxylic acids is 2. The third-order valence-electron chi connectivity index (χ3n) is 19.8. The summed E-state index contributed by atoms with van der Waals surface area (Å²) in [6, 6.07) is 28.6. The van der Waals surface area contributed by atoms with Gasteiger partial charge in [0.2, 0.25) is 17.3 Å². The van der Waals surface area contributed by atoms with Gasteiger partial charge in [-0.2, -0.15) is 4.57 Å². The summed E-state index contributed by atoms with van der Waals surface area (Å²) in [7, 11) is -3.99. The van der Waals surface area contributed by atoms with E-state index in [0.717, 1.165) is 136 Å². The van der Waals surface area contributed by atoms with Crippen LogP contribution in [-0.2, 0) is 38.2 Å². The topological polar surface area (TPSA) is 167 Å². The molecule has 3 heterocycles. The number of unbranched alkanes of at least 4 members (excludes halogenated alkanes) is 23. The number of nitrogens with one attached hydrogen (secondary N) is 2. The van der Waals surface area contributed by atoms with Crippen molar-refractivity contribution in [3.63, 3.8) is 0 Å². The molecule has 0 aliphatic carbocycles. The van der Waals surface area contributed by atoms with E-state index in [1.807, 2.05) is 45.7 Å². The summed E-state index contributed by atoms with van der Waals surface area (Å²) in [6.07, 6.45) is 59.7. The molecule has 15 heteroatoms. The molecule has 0 saturated heterocycles. The number of aliphatic hydroxyl groups is 3. The van der Waals surface area contributed by atoms with Crippen LogP contribution in [0.4, 0.5) is 11.4 Å². The molecule has 0 spiro atoms. The fourth-order valence-electron chi connectivity index (χ4n) is 13.5. The maximum Gasteiger partial charge on any atom is 0.239 e. The Labute approximate surface area is 653 Å². The van der Waals surface area contributed by atoms with Gasteiger partial charge in [0.15, 0.2) is 18.6 Å². The zero-order valence-corrected chi connectivity index (χ0v) is 69.0. The fraction of sp³-hybridized carbons (Fsp3) is 0.587. The Bertz CT molecular complexity index is 3380. The van der Waals surface area contributed by atoms with E-state index in [-0.39, 0.29) is 67.3 Å². The highest BCUT2D eigenvalue weighted by Crippen LogP contribution is 2.37. The number of rotatable bonds is 52. The lowest BCUT2D eigenvalue weighted by Gasteiger charge is -2.31. The van der Waals surface area contributed by atoms with E-state index in [9.17, 15) is 34.0 Å². The Morgan fingerprint density at radius 1 is 0.551 bits per heavy atom. The minimum Gasteiger partial charge on any atom is -0.394 e. The van der Waals surface area contributed by atoms with Gasteiger partial charge in [0, 0.05) is 73.9 Å². The first-order valence-corrected chi connectivity index (χ1v) is 45.9. The largest absolute Gasteiger partial charge is 0.394 e. The van der Waals surface area contributed by atoms with Crippen molar-refractivity contribution in [2.75, 3.05) is 81.6 Å². The number of allylic oxidation sites excluding steroid dienone is 2. The van der Waals surface area contributed by atoms with Gasteiger partial charge in [0.05, 0.1) is 63.7 Å². The van der Waals surface area contributed by atoms with Crippen molar-refractivity contribution in [1.29, 1.82) is 0 Å². The molecule has 0 radical (unpaired) electrons. The predicted molar refractivity (Wildman–Crippen MR) is 467 cm³/mol. The molecule has 602 valence electrons. The summed E-state index contributed by atoms with van der Waals surface area (Å²) in [5.74, 6) is -0.264. The Morgan fingerprint density at radius 3 is 1.57 bits per heavy atom. The van der Waals surface area contributed by atoms with Crippen LogP contribution in [0.2, 0.25) is 0 Å². The summed E-state index contributed by atoms with van der Waals surface area (Å²) in [5, 5.41) is 38.7. The Balaban J connectivity index is 0.00000103. The van der Waals surface area contributed by atoms with E-state index in [0.29, 0.717) is 6.42 Å². The van der Waals surface area contributed by atoms with Crippen LogP contribution in [0.25, 0.3) is 35.2 Å². The third-order valence-corrected chi connectivity index (χ3v) is 22.6. The van der Waals surface area contributed by atoms with E-state index in [4.69, 9.17) is 0 Å². The third kappa shape index (κ3) is 42.2. The molecule has 4 unspecified atom stereocenters. The molecule has 107 heavy (non-hydrogen) atoms. The zero-order valence-electron chi connectivity index (χ0n) is 67.2. The maximum atomic E-state index is 13.2. The van der Waals surface area contributed by atoms with Crippen LogP contribution in [0.3, 0.4) is 0 Å². The van der Waals surface area contributed by atoms with Gasteiger partial charge < -0.3 is 59.7 Å². The molecule has 5 N–H and O–H groups in total. The number of fused-ring (bicyclic) bond motifs is 2. The van der Waals surface area contributed by atoms with Gasteiger partial charge in [0.1, 0.15) is 13.1 Å². The number of hydrogen-bond donors (Lipinski definition) is 5. The number of anilines is 2. The number of carbonyl (C=O) groups is 2. The van der Waals surface area contributed by atoms with Crippen LogP contribution in [0, 0.1) is 14.9 Å². The highest BCUT2D eigenvalue weighted by Gasteiger charge is 2.24. The van der Waals surface area contributed by atoms with Crippen LogP contribution in [0.15, 0.2) is 128 Å². The number of benzene rings is 3. The summed E-state index contributed by atoms with van der Waals surface area (Å²) < 4.78 is 28.6. The number of nitrogens with zero attached hydrogens (tertiary/aromatic N) is 4. The smallest absolute Gasteiger partial charge is 0.239 e. The van der Waals surface area contributed by atoms with Crippen molar-refractivity contribution < 1.29 is 43.2 Å². The number of hydrogen-bond acceptors (Lipinski definition) is 9. The first-order chi connectivity index (χ1) is 49.8. The molecule has 1 aliphatic heterocycles. The van der Waals surface area contributed by atoms with Crippen LogP contribution in [0.5, 0.6) is 0 Å². The molecule has 0 fully saturated rings. The van der Waals surface area contributed by atoms with Crippen molar-refractivity contribution in [3.05, 3.63) is 170 Å². The molecular weight excluding hydrogens is 1360 g/mol. The van der Waals surface area contributed by atoms with Gasteiger partial charge in [0.25, 0.3) is 0 Å². The predicted octanol–water partition coefficient (Wildman–Crippen LogP) is 21.6. The van der Waals surface area contributed by atoms with Crippen LogP contribution < -0.4 is 29.6 Å². The number of amides is 2. The standard InChI is InChI=1S/C45H66N3O4P.C43H70N3O3P.2CH4.2CH3/c1-4-5-6-7-8-9-10-11-12-13-14-15-16-24-44(50)41(36-49)46-45(51)35-48-30-19-21-39-34-37(26-28-42(39)48)25-27-38-29-32-47(31-20-33-53(2,3)52)43-23-18-17-22-40(38)43;1-6-9-11-12-13-14-15-16-17-18-19-20-21-23-42(47)41(8-3)44-43(48)37-46(33-10-7-2)40-28-26-38(27-29-40)24-25-39-30-34-45(35-31-39)32-22-36-50(4,5)49;;;;/h16-18,22-29,32,34,41,44,49-50H,4-15,19-21,30-31,33,35-36H2,1-3H3;21,23-31,34-35,41-42,47H,6-20,22,32-33,36-37H2,1-5H3;2*1H4;2*1H3/q;;;;2*-1/p+2/b24-16+;23-21+;;;;. The lowest BCUT2D eigenvalue weighted by Crippen LogP contribution is -2.49. The van der Waals surface area contributed by atoms with E-state index in [1.165, 1.54) is 145 Å². The minimum absolute atomic E-state index is 0. The van der Waals surface area contributed by atoms with E-state index >= 15 is 0 Å². The molecule has 2 aromatic heterocycles. The zero-order chi connectivity index (χ0) is 74.3. The average Bonchev–Trinajstić information content (AvgIpc) is 0.806. The van der Waals surface area contributed by atoms with Crippen molar-refractivity contribution in [2.24, 2.45) is 0 Å². The lowest BCUT2D eigenvalue weighted by atomic mass is 9.98. The average molecular weight is 1520 g/mol. The van der Waals surface area contributed by atoms with Gasteiger partial charge in [-0.05, 0) is 136 Å². The molecule has 1 aliphatic rings. The molecule has 3 aromatic carbocycles. The van der Waals surface area contributed by atoms with Gasteiger partial charge in [-0.3, -0.25) is 9.59 Å². The molecule has 6 rings (SSSR count). The van der Waals surface area contributed by atoms with Gasteiger partial charge >= 0.3 is 0 Å². The van der Waals surface area contributed by atoms with Crippen LogP contribution >= 0.6 is 14.3 Å². The quantitative estimate of drug-likeness (QED) is 0.00837. The Kier molecular flexibility index (Phi) is 53.7. The molecular formula is C92H152N6O7P2. The normalized spacial score (nSPS) is 13.4. The molecule has 0 bridgehead atoms. The SMILES string of the molecule is C.C.CCCCCCCCCCCCC/C=C/C(O)C(CC)NC(=O)CN(CCCC)c1ccc(C=Cc2cc[n+](CCCP(C)(C)=O)cc2)cc1.CCCCCCCCCCCCC/C=C/C(O)C(CO)NC(=O)CN1CCCc2cc(C=Cc3cc[n+](CCCP(C)(C)=O)c4ccccc34)ccc21.[CH3-].[CH3-]. The number of aromatic nitrogens is 2. The maximum absolute atomic E-state index is 13.2. The monoisotopic (exact) mass is 1520 g/mol. The molecule has 13 nitrogen and oxygen atoms in total. The van der Waals surface area contributed by atoms with E-state index in [2.05, 4.69) is 184 Å². The van der Waals surface area contributed by atoms with Gasteiger partial charge in [-0.25, -0.2) is 4.57 Å². The summed E-state index contributed by atoms with van der Waals surface area (Å²) in [6.45, 7) is 19.6. The first kappa shape index (κ1) is 99.1. The second-order valence-electron chi connectivity index (χ2n) is 30.0. The van der Waals surface area contributed by atoms with E-state index < -0.39 is 32.5 Å². The number of aliphatic hydroxyl groups excluding tert-OH is 3. The summed E-state index contributed by atoms with van der Waals surface area (Å²) in [4.78, 5) is 30.6. The minimum atomic E-state index is -2.03. The van der Waals surface area contributed by atoms with Crippen molar-refractivity contribution in [3.8, 4) is 0 Å². The van der Waals surface area contributed by atoms with Crippen LogP contribution in [0.1, 0.15) is 263 Å². The second-order valence-corrected chi connectivity index (χ2v) is 37.2. The first-order valence-electron chi connectivity index (χ1n) is 40.3. The van der Waals surface area contributed by atoms with Crippen molar-refractivity contribution in [2.45, 2.75) is 279 Å². The van der Waals surface area contributed by atoms with Crippen molar-refractivity contribution >= 4 is 72.7 Å². The highest BCUT2D eigenvalue weighted by molar-refractivity contribution is 7.62. The fourth-order valence-corrected chi connectivity index (χ4v) is 15.3. The molecule has 0 saturated carbocycles. The summed E-state index contributed by atoms with van der Waals surface area (Å²) >= 11 is 0. The number of aryl methyl sites for hydroxylation is 3. The van der Waals surface area contributed by atoms with Crippen LogP contribution in [-0.4, -0.2) is 123 Å². The summed E-state index contributed by atoms with van der Waals surface area (Å²) in [5.41, 5.74) is 8.95. The molecule has 2 amide bonds. The van der Waals surface area contributed by atoms with Gasteiger partial charge in [-0.1, -0.05) is 256 Å². The second kappa shape index (κ2) is 58.0. The Morgan fingerprint density at radius 2 is 1.04 bits per heavy atom. The Hall–Kier alpha value is -5.94. The van der Waals surface area contributed by atoms with Crippen molar-refractivity contribution in [1.82, 2.24) is 10.6 Å². The van der Waals surface area contributed by atoms with E-state index in [1.54, 1.807) is 6.08 Å². The number of para-hydroxylation sites is 1. The molecule has 4 atom stereocenters. The highest BCUT2D eigenvalue weighted by atomic mass is 31.2. The number of pyridine rings is 2.